The van der Waals surface area contributed by atoms with Gasteiger partial charge in [-0.25, -0.2) is 0 Å². The Hall–Kier alpha value is -0.450. The molecule has 0 radical (unpaired) electrons. The number of carbonyl (C=O) groups is 1. The highest BCUT2D eigenvalue weighted by Gasteiger charge is 2.28. The summed E-state index contributed by atoms with van der Waals surface area (Å²) >= 11 is 0. The Balaban J connectivity index is 0.00000338. The summed E-state index contributed by atoms with van der Waals surface area (Å²) in [5.74, 6) is 0.0610. The molecule has 0 amide bonds. The van der Waals surface area contributed by atoms with E-state index in [1.807, 2.05) is 34.9 Å². The van der Waals surface area contributed by atoms with Gasteiger partial charge < -0.3 is 56.9 Å². The third kappa shape index (κ3) is 6.83. The molecular formula is C21H33I2N3O. The lowest BCUT2D eigenvalue weighted by atomic mass is 10.1. The van der Waals surface area contributed by atoms with Gasteiger partial charge in [-0.1, -0.05) is 18.2 Å². The van der Waals surface area contributed by atoms with Crippen LogP contribution in [0, 0.1) is 13.8 Å². The topological polar surface area (TPSA) is 22.0 Å². The Kier molecular flexibility index (Phi) is 9.68. The number of aromatic nitrogens is 1. The fraction of sp³-hybridized carbons (Fsp3) is 0.476. The highest BCUT2D eigenvalue weighted by atomic mass is 127. The lowest BCUT2D eigenvalue weighted by Crippen LogP contribution is -3.00. The van der Waals surface area contributed by atoms with Gasteiger partial charge in [0, 0.05) is 28.1 Å². The second-order valence-electron chi connectivity index (χ2n) is 9.03. The van der Waals surface area contributed by atoms with E-state index in [0.717, 1.165) is 39.0 Å². The largest absolute Gasteiger partial charge is 1.00 e. The van der Waals surface area contributed by atoms with Crippen LogP contribution in [0.15, 0.2) is 30.3 Å². The number of quaternary nitrogens is 2. The van der Waals surface area contributed by atoms with Crippen LogP contribution < -0.4 is 48.0 Å². The van der Waals surface area contributed by atoms with E-state index in [1.54, 1.807) is 0 Å². The van der Waals surface area contributed by atoms with Crippen LogP contribution >= 0.6 is 0 Å². The molecule has 0 N–H and O–H groups in total. The van der Waals surface area contributed by atoms with Gasteiger partial charge in [0.2, 0.25) is 0 Å². The van der Waals surface area contributed by atoms with Crippen molar-refractivity contribution in [1.82, 2.24) is 4.57 Å². The van der Waals surface area contributed by atoms with E-state index >= 15 is 0 Å². The van der Waals surface area contributed by atoms with E-state index in [0.29, 0.717) is 0 Å². The SMILES string of the molecule is Cc1c(C[N+](C)(C)C)c(C[N+](C)(C)C)c(C)n1C(=O)c1ccccc1.[I-].[I-]. The summed E-state index contributed by atoms with van der Waals surface area (Å²) in [6, 6.07) is 9.56. The molecule has 0 atom stereocenters. The minimum Gasteiger partial charge on any atom is -1.00 e. The number of benzene rings is 1. The van der Waals surface area contributed by atoms with Crippen LogP contribution in [0.1, 0.15) is 32.9 Å². The molecule has 0 saturated carbocycles. The summed E-state index contributed by atoms with van der Waals surface area (Å²) in [5, 5.41) is 0. The Morgan fingerprint density at radius 2 is 1.15 bits per heavy atom. The van der Waals surface area contributed by atoms with Crippen LogP contribution in [0.5, 0.6) is 0 Å². The third-order valence-electron chi connectivity index (χ3n) is 4.40. The smallest absolute Gasteiger partial charge is 0.262 e. The predicted octanol–water partition coefficient (Wildman–Crippen LogP) is -2.79. The van der Waals surface area contributed by atoms with Gasteiger partial charge in [-0.15, -0.1) is 0 Å². The molecule has 0 aliphatic rings. The standard InChI is InChI=1S/C21H33N3O.2HI/c1-16-19(14-23(3,4)5)20(15-24(6,7)8)17(2)22(16)21(25)18-12-10-9-11-13-18;;/h9-13H,14-15H2,1-8H3;2*1H/q+2;;/p-2. The fourth-order valence-electron chi connectivity index (χ4n) is 3.34. The van der Waals surface area contributed by atoms with Crippen molar-refractivity contribution in [2.24, 2.45) is 0 Å². The molecule has 2 aromatic rings. The zero-order valence-electron chi connectivity index (χ0n) is 17.8. The molecule has 152 valence electrons. The van der Waals surface area contributed by atoms with Gasteiger partial charge in [-0.3, -0.25) is 9.36 Å². The molecule has 0 aliphatic heterocycles. The zero-order valence-corrected chi connectivity index (χ0v) is 22.1. The molecule has 1 aromatic carbocycles. The number of rotatable bonds is 5. The van der Waals surface area contributed by atoms with Gasteiger partial charge >= 0.3 is 0 Å². The molecule has 0 unspecified atom stereocenters. The summed E-state index contributed by atoms with van der Waals surface area (Å²) in [6.45, 7) is 5.99. The highest BCUT2D eigenvalue weighted by molar-refractivity contribution is 5.97. The third-order valence-corrected chi connectivity index (χ3v) is 4.40. The number of halogens is 2. The normalized spacial score (nSPS) is 11.6. The van der Waals surface area contributed by atoms with Crippen LogP contribution in [0.3, 0.4) is 0 Å². The Labute approximate surface area is 198 Å². The van der Waals surface area contributed by atoms with Crippen molar-refractivity contribution in [1.29, 1.82) is 0 Å². The number of hydrogen-bond donors (Lipinski definition) is 0. The van der Waals surface area contributed by atoms with E-state index in [4.69, 9.17) is 0 Å². The van der Waals surface area contributed by atoms with Crippen molar-refractivity contribution < 1.29 is 61.7 Å². The second kappa shape index (κ2) is 9.84. The number of nitrogens with zero attached hydrogens (tertiary/aromatic N) is 3. The molecule has 27 heavy (non-hydrogen) atoms. The minimum absolute atomic E-state index is 0. The van der Waals surface area contributed by atoms with Crippen molar-refractivity contribution in [3.8, 4) is 0 Å². The van der Waals surface area contributed by atoms with E-state index in [-0.39, 0.29) is 53.9 Å². The van der Waals surface area contributed by atoms with Crippen LogP contribution in [0.25, 0.3) is 0 Å². The van der Waals surface area contributed by atoms with Gasteiger partial charge in [-0.05, 0) is 26.0 Å². The van der Waals surface area contributed by atoms with Crippen LogP contribution in [0.2, 0.25) is 0 Å². The van der Waals surface area contributed by atoms with Crippen LogP contribution in [0.4, 0.5) is 0 Å². The summed E-state index contributed by atoms with van der Waals surface area (Å²) in [5.41, 5.74) is 5.49. The summed E-state index contributed by atoms with van der Waals surface area (Å²) in [6.07, 6.45) is 0. The first-order chi connectivity index (χ1) is 11.4. The second-order valence-corrected chi connectivity index (χ2v) is 9.03. The van der Waals surface area contributed by atoms with Gasteiger partial charge in [0.25, 0.3) is 5.91 Å². The van der Waals surface area contributed by atoms with Crippen LogP contribution in [-0.2, 0) is 13.1 Å². The number of carbonyl (C=O) groups excluding carboxylic acids is 1. The highest BCUT2D eigenvalue weighted by Crippen LogP contribution is 2.28. The van der Waals surface area contributed by atoms with Gasteiger partial charge in [-0.2, -0.15) is 0 Å². The molecule has 0 spiro atoms. The molecule has 6 heteroatoms. The van der Waals surface area contributed by atoms with Gasteiger partial charge in [0.15, 0.2) is 0 Å². The lowest BCUT2D eigenvalue weighted by Gasteiger charge is -2.27. The molecule has 2 rings (SSSR count). The summed E-state index contributed by atoms with van der Waals surface area (Å²) in [4.78, 5) is 13.1. The van der Waals surface area contributed by atoms with Crippen molar-refractivity contribution in [3.05, 3.63) is 58.4 Å². The Morgan fingerprint density at radius 1 is 0.778 bits per heavy atom. The first-order valence-electron chi connectivity index (χ1n) is 8.81. The average molecular weight is 597 g/mol. The molecule has 1 aromatic heterocycles. The molecule has 4 nitrogen and oxygen atoms in total. The first kappa shape index (κ1) is 26.6. The number of hydrogen-bond acceptors (Lipinski definition) is 1. The quantitative estimate of drug-likeness (QED) is 0.270. The lowest BCUT2D eigenvalue weighted by molar-refractivity contribution is -0.887. The molecule has 0 saturated heterocycles. The molecular weight excluding hydrogens is 564 g/mol. The van der Waals surface area contributed by atoms with E-state index in [9.17, 15) is 4.79 Å². The predicted molar refractivity (Wildman–Crippen MR) is 104 cm³/mol. The van der Waals surface area contributed by atoms with Crippen molar-refractivity contribution in [2.75, 3.05) is 42.3 Å². The van der Waals surface area contributed by atoms with Crippen molar-refractivity contribution in [2.45, 2.75) is 26.9 Å². The minimum atomic E-state index is 0. The average Bonchev–Trinajstić information content (AvgIpc) is 2.69. The van der Waals surface area contributed by atoms with Gasteiger partial charge in [0.05, 0.1) is 42.3 Å². The first-order valence-corrected chi connectivity index (χ1v) is 8.81. The maximum absolute atomic E-state index is 13.1. The van der Waals surface area contributed by atoms with Crippen molar-refractivity contribution >= 4 is 5.91 Å². The van der Waals surface area contributed by atoms with Gasteiger partial charge in [0.1, 0.15) is 13.1 Å². The monoisotopic (exact) mass is 597 g/mol. The molecule has 0 aliphatic carbocycles. The van der Waals surface area contributed by atoms with Crippen LogP contribution in [-0.4, -0.2) is 61.7 Å². The summed E-state index contributed by atoms with van der Waals surface area (Å²) < 4.78 is 3.59. The van der Waals surface area contributed by atoms with Crippen molar-refractivity contribution in [3.63, 3.8) is 0 Å². The zero-order chi connectivity index (χ0) is 19.0. The summed E-state index contributed by atoms with van der Waals surface area (Å²) in [7, 11) is 13.2. The van der Waals surface area contributed by atoms with E-state index in [2.05, 4.69) is 56.1 Å². The van der Waals surface area contributed by atoms with E-state index < -0.39 is 0 Å². The fourth-order valence-corrected chi connectivity index (χ4v) is 3.34. The maximum atomic E-state index is 13.1. The van der Waals surface area contributed by atoms with E-state index in [1.165, 1.54) is 11.1 Å². The molecule has 1 heterocycles. The Bertz CT molecular complexity index is 730. The molecule has 0 bridgehead atoms. The maximum Gasteiger partial charge on any atom is 0.262 e. The molecule has 0 fully saturated rings. The Morgan fingerprint density at radius 3 is 1.48 bits per heavy atom.